The minimum atomic E-state index is -2.40. The van der Waals surface area contributed by atoms with Crippen LogP contribution in [0.15, 0.2) is 24.3 Å². The fraction of sp³-hybridized carbons (Fsp3) is 0.600. The van der Waals surface area contributed by atoms with Gasteiger partial charge in [-0.1, -0.05) is 19.1 Å². The zero-order valence-corrected chi connectivity index (χ0v) is 12.1. The molecule has 0 fully saturated rings. The van der Waals surface area contributed by atoms with E-state index in [1.54, 1.807) is 7.11 Å². The van der Waals surface area contributed by atoms with Crippen molar-refractivity contribution in [1.29, 1.82) is 0 Å². The minimum absolute atomic E-state index is 0.213. The molecule has 0 radical (unpaired) electrons. The van der Waals surface area contributed by atoms with Gasteiger partial charge in [-0.2, -0.15) is 0 Å². The van der Waals surface area contributed by atoms with E-state index >= 15 is 0 Å². The maximum Gasteiger partial charge on any atom is 0.261 e. The lowest BCUT2D eigenvalue weighted by atomic mass is 10.0. The Bertz CT molecular complexity index is 375. The summed E-state index contributed by atoms with van der Waals surface area (Å²) >= 11 is 0. The number of hydrogen-bond donors (Lipinski definition) is 1. The average molecular weight is 287 g/mol. The first-order valence-electron chi connectivity index (χ1n) is 6.88. The van der Waals surface area contributed by atoms with E-state index in [4.69, 9.17) is 9.47 Å². The fourth-order valence-electron chi connectivity index (χ4n) is 2.05. The van der Waals surface area contributed by atoms with Gasteiger partial charge in [0.25, 0.3) is 6.43 Å². The summed E-state index contributed by atoms with van der Waals surface area (Å²) in [7, 11) is 1.64. The molecular formula is C15H23F2NO2. The molecule has 0 spiro atoms. The first-order valence-corrected chi connectivity index (χ1v) is 6.88. The molecule has 0 aliphatic rings. The zero-order chi connectivity index (χ0) is 14.8. The van der Waals surface area contributed by atoms with E-state index in [9.17, 15) is 8.78 Å². The summed E-state index contributed by atoms with van der Waals surface area (Å²) in [6, 6.07) is 8.09. The first kappa shape index (κ1) is 16.9. The summed E-state index contributed by atoms with van der Waals surface area (Å²) in [5.41, 5.74) is 1.16. The van der Waals surface area contributed by atoms with Gasteiger partial charge in [0.15, 0.2) is 0 Å². The highest BCUT2D eigenvalue weighted by Gasteiger charge is 2.10. The van der Waals surface area contributed by atoms with Crippen LogP contribution in [0.2, 0.25) is 0 Å². The van der Waals surface area contributed by atoms with Crippen LogP contribution in [0.3, 0.4) is 0 Å². The van der Waals surface area contributed by atoms with Crippen molar-refractivity contribution in [2.24, 2.45) is 0 Å². The molecule has 114 valence electrons. The molecule has 0 aliphatic heterocycles. The van der Waals surface area contributed by atoms with Gasteiger partial charge in [0.05, 0.1) is 7.11 Å². The number of nitrogens with one attached hydrogen (secondary N) is 1. The van der Waals surface area contributed by atoms with Gasteiger partial charge in [-0.15, -0.1) is 0 Å². The monoisotopic (exact) mass is 287 g/mol. The normalized spacial score (nSPS) is 12.7. The number of ether oxygens (including phenoxy) is 2. The van der Waals surface area contributed by atoms with E-state index in [2.05, 4.69) is 5.32 Å². The van der Waals surface area contributed by atoms with Crippen molar-refractivity contribution in [3.8, 4) is 5.75 Å². The van der Waals surface area contributed by atoms with Gasteiger partial charge in [-0.25, -0.2) is 8.78 Å². The number of halogens is 2. The van der Waals surface area contributed by atoms with Gasteiger partial charge in [-0.3, -0.25) is 0 Å². The summed E-state index contributed by atoms with van der Waals surface area (Å²) in [4.78, 5) is 0. The number of hydrogen-bond acceptors (Lipinski definition) is 3. The van der Waals surface area contributed by atoms with Crippen molar-refractivity contribution in [1.82, 2.24) is 5.32 Å². The van der Waals surface area contributed by atoms with Gasteiger partial charge in [0, 0.05) is 12.6 Å². The summed E-state index contributed by atoms with van der Waals surface area (Å²) in [6.07, 6.45) is -0.869. The highest BCUT2D eigenvalue weighted by atomic mass is 19.3. The lowest BCUT2D eigenvalue weighted by Crippen LogP contribution is -2.32. The molecule has 0 bridgehead atoms. The Morgan fingerprint density at radius 2 is 2.10 bits per heavy atom. The Morgan fingerprint density at radius 1 is 1.30 bits per heavy atom. The van der Waals surface area contributed by atoms with Gasteiger partial charge >= 0.3 is 0 Å². The third-order valence-electron chi connectivity index (χ3n) is 2.96. The van der Waals surface area contributed by atoms with E-state index < -0.39 is 13.0 Å². The zero-order valence-electron chi connectivity index (χ0n) is 12.1. The van der Waals surface area contributed by atoms with Gasteiger partial charge < -0.3 is 14.8 Å². The molecule has 1 aromatic carbocycles. The Balaban J connectivity index is 2.44. The third kappa shape index (κ3) is 6.82. The summed E-state index contributed by atoms with van der Waals surface area (Å²) < 4.78 is 34.1. The highest BCUT2D eigenvalue weighted by molar-refractivity contribution is 5.28. The number of rotatable bonds is 10. The molecule has 0 aliphatic carbocycles. The number of methoxy groups -OCH3 is 1. The van der Waals surface area contributed by atoms with Crippen LogP contribution in [0.4, 0.5) is 8.78 Å². The Morgan fingerprint density at radius 3 is 2.75 bits per heavy atom. The molecule has 1 atom stereocenters. The van der Waals surface area contributed by atoms with Crippen molar-refractivity contribution in [2.45, 2.75) is 32.2 Å². The van der Waals surface area contributed by atoms with Crippen molar-refractivity contribution in [3.05, 3.63) is 29.8 Å². The van der Waals surface area contributed by atoms with Crippen molar-refractivity contribution in [2.75, 3.05) is 26.9 Å². The van der Waals surface area contributed by atoms with Crippen LogP contribution < -0.4 is 10.1 Å². The van der Waals surface area contributed by atoms with Crippen molar-refractivity contribution in [3.63, 3.8) is 0 Å². The van der Waals surface area contributed by atoms with Crippen LogP contribution in [0, 0.1) is 0 Å². The molecule has 1 rings (SSSR count). The molecule has 5 heteroatoms. The van der Waals surface area contributed by atoms with Gasteiger partial charge in [-0.05, 0) is 37.1 Å². The van der Waals surface area contributed by atoms with Gasteiger partial charge in [0.1, 0.15) is 12.4 Å². The average Bonchev–Trinajstić information content (AvgIpc) is 2.43. The number of alkyl halides is 2. The second kappa shape index (κ2) is 9.66. The molecule has 3 nitrogen and oxygen atoms in total. The second-order valence-corrected chi connectivity index (χ2v) is 4.56. The second-order valence-electron chi connectivity index (χ2n) is 4.56. The maximum absolute atomic E-state index is 12.0. The van der Waals surface area contributed by atoms with Crippen LogP contribution in [0.1, 0.15) is 18.9 Å². The quantitative estimate of drug-likeness (QED) is 0.671. The molecule has 0 saturated heterocycles. The highest BCUT2D eigenvalue weighted by Crippen LogP contribution is 2.15. The minimum Gasteiger partial charge on any atom is -0.497 e. The third-order valence-corrected chi connectivity index (χ3v) is 2.96. The largest absolute Gasteiger partial charge is 0.497 e. The van der Waals surface area contributed by atoms with Crippen LogP contribution in [0.5, 0.6) is 5.75 Å². The van der Waals surface area contributed by atoms with E-state index in [1.807, 2.05) is 31.2 Å². The molecule has 0 heterocycles. The standard InChI is InChI=1S/C15H23F2NO2/c1-3-18-13(7-8-20-11-15(16)17)9-12-5-4-6-14(10-12)19-2/h4-6,10,13,15,18H,3,7-9,11H2,1-2H3. The Hall–Kier alpha value is -1.20. The lowest BCUT2D eigenvalue weighted by Gasteiger charge is -2.18. The molecule has 20 heavy (non-hydrogen) atoms. The summed E-state index contributed by atoms with van der Waals surface area (Å²) in [6.45, 7) is 2.71. The van der Waals surface area contributed by atoms with E-state index in [-0.39, 0.29) is 6.04 Å². The van der Waals surface area contributed by atoms with Gasteiger partial charge in [0.2, 0.25) is 0 Å². The van der Waals surface area contributed by atoms with E-state index in [0.717, 1.165) is 24.3 Å². The fourth-order valence-corrected chi connectivity index (χ4v) is 2.05. The van der Waals surface area contributed by atoms with Crippen molar-refractivity contribution < 1.29 is 18.3 Å². The van der Waals surface area contributed by atoms with E-state index in [1.165, 1.54) is 0 Å². The van der Waals surface area contributed by atoms with Crippen LogP contribution in [0.25, 0.3) is 0 Å². The predicted octanol–water partition coefficient (Wildman–Crippen LogP) is 2.89. The smallest absolute Gasteiger partial charge is 0.261 e. The first-order chi connectivity index (χ1) is 9.65. The molecule has 0 saturated carbocycles. The molecule has 1 aromatic rings. The van der Waals surface area contributed by atoms with Crippen LogP contribution in [-0.2, 0) is 11.2 Å². The molecule has 1 N–H and O–H groups in total. The number of likely N-dealkylation sites (N-methyl/N-ethyl adjacent to an activating group) is 1. The SMILES string of the molecule is CCNC(CCOCC(F)F)Cc1cccc(OC)c1. The molecule has 0 aromatic heterocycles. The Labute approximate surface area is 119 Å². The molecule has 0 amide bonds. The molecule has 1 unspecified atom stereocenters. The Kier molecular flexibility index (Phi) is 8.14. The van der Waals surface area contributed by atoms with Crippen LogP contribution >= 0.6 is 0 Å². The van der Waals surface area contributed by atoms with Crippen molar-refractivity contribution >= 4 is 0 Å². The lowest BCUT2D eigenvalue weighted by molar-refractivity contribution is 0.0144. The molecular weight excluding hydrogens is 264 g/mol. The number of benzene rings is 1. The topological polar surface area (TPSA) is 30.5 Å². The maximum atomic E-state index is 12.0. The summed E-state index contributed by atoms with van der Waals surface area (Å²) in [5, 5.41) is 3.35. The summed E-state index contributed by atoms with van der Waals surface area (Å²) in [5.74, 6) is 0.826. The van der Waals surface area contributed by atoms with E-state index in [0.29, 0.717) is 13.0 Å². The van der Waals surface area contributed by atoms with Crippen LogP contribution in [-0.4, -0.2) is 39.3 Å². The predicted molar refractivity (Wildman–Crippen MR) is 75.6 cm³/mol.